The molecule has 1 unspecified atom stereocenters. The largest absolute Gasteiger partial charge is 0.481 e. The van der Waals surface area contributed by atoms with E-state index < -0.39 is 5.97 Å². The summed E-state index contributed by atoms with van der Waals surface area (Å²) in [7, 11) is 0. The van der Waals surface area contributed by atoms with Crippen molar-refractivity contribution in [3.8, 4) is 0 Å². The molecule has 24 heavy (non-hydrogen) atoms. The van der Waals surface area contributed by atoms with Crippen molar-refractivity contribution >= 4 is 22.8 Å². The molecule has 1 atom stereocenters. The average Bonchev–Trinajstić information content (AvgIpc) is 2.59. The van der Waals surface area contributed by atoms with Crippen molar-refractivity contribution in [1.82, 2.24) is 9.88 Å². The fraction of sp³-hybridized carbons (Fsp3) is 0.389. The Balaban J connectivity index is 1.79. The summed E-state index contributed by atoms with van der Waals surface area (Å²) in [5, 5.41) is 9.63. The van der Waals surface area contributed by atoms with Crippen molar-refractivity contribution in [3.05, 3.63) is 46.2 Å². The van der Waals surface area contributed by atoms with Crippen LogP contribution < -0.4 is 5.56 Å². The maximum atomic E-state index is 12.7. The molecule has 0 radical (unpaired) electrons. The molecule has 6 nitrogen and oxygen atoms in total. The molecule has 0 bridgehead atoms. The second kappa shape index (κ2) is 6.86. The van der Waals surface area contributed by atoms with E-state index in [1.165, 1.54) is 0 Å². The maximum absolute atomic E-state index is 12.7. The van der Waals surface area contributed by atoms with Crippen LogP contribution in [-0.4, -0.2) is 40.0 Å². The fourth-order valence-electron chi connectivity index (χ4n) is 3.29. The van der Waals surface area contributed by atoms with Gasteiger partial charge in [0.15, 0.2) is 0 Å². The Kier molecular flexibility index (Phi) is 4.64. The Morgan fingerprint density at radius 1 is 1.29 bits per heavy atom. The minimum absolute atomic E-state index is 0.114. The number of benzene rings is 1. The van der Waals surface area contributed by atoms with Crippen molar-refractivity contribution in [2.45, 2.75) is 25.7 Å². The van der Waals surface area contributed by atoms with Crippen LogP contribution in [0.2, 0.25) is 0 Å². The van der Waals surface area contributed by atoms with E-state index in [1.54, 1.807) is 17.0 Å². The summed E-state index contributed by atoms with van der Waals surface area (Å²) < 4.78 is 0. The lowest BCUT2D eigenvalue weighted by Gasteiger charge is -2.32. The van der Waals surface area contributed by atoms with Gasteiger partial charge in [-0.1, -0.05) is 18.2 Å². The number of carboxylic acids is 1. The topological polar surface area (TPSA) is 90.5 Å². The van der Waals surface area contributed by atoms with E-state index in [1.807, 2.05) is 18.2 Å². The van der Waals surface area contributed by atoms with E-state index in [4.69, 9.17) is 5.11 Å². The molecule has 0 aliphatic carbocycles. The molecule has 3 rings (SSSR count). The van der Waals surface area contributed by atoms with Gasteiger partial charge in [0.05, 0.1) is 0 Å². The van der Waals surface area contributed by atoms with Crippen LogP contribution in [0.4, 0.5) is 0 Å². The zero-order chi connectivity index (χ0) is 17.1. The van der Waals surface area contributed by atoms with E-state index >= 15 is 0 Å². The lowest BCUT2D eigenvalue weighted by Crippen LogP contribution is -2.42. The van der Waals surface area contributed by atoms with Crippen LogP contribution in [0.25, 0.3) is 10.9 Å². The zero-order valence-corrected chi connectivity index (χ0v) is 13.3. The molecule has 1 aliphatic rings. The molecule has 126 valence electrons. The molecule has 1 fully saturated rings. The third-order valence-electron chi connectivity index (χ3n) is 4.56. The van der Waals surface area contributed by atoms with Crippen molar-refractivity contribution in [1.29, 1.82) is 0 Å². The number of carboxylic acid groups (broad SMARTS) is 1. The molecule has 6 heteroatoms. The first-order valence-electron chi connectivity index (χ1n) is 8.18. The Morgan fingerprint density at radius 3 is 2.88 bits per heavy atom. The SMILES string of the molecule is O=C(O)CCC1CCCN(C(=O)c2cc3ccccc3[nH]c2=O)C1. The lowest BCUT2D eigenvalue weighted by atomic mass is 9.93. The summed E-state index contributed by atoms with van der Waals surface area (Å²) >= 11 is 0. The third-order valence-corrected chi connectivity index (χ3v) is 4.56. The molecule has 1 amide bonds. The van der Waals surface area contributed by atoms with Crippen LogP contribution in [0.5, 0.6) is 0 Å². The summed E-state index contributed by atoms with van der Waals surface area (Å²) in [4.78, 5) is 40.1. The van der Waals surface area contributed by atoms with Gasteiger partial charge in [-0.3, -0.25) is 14.4 Å². The van der Waals surface area contributed by atoms with Gasteiger partial charge >= 0.3 is 5.97 Å². The Morgan fingerprint density at radius 2 is 2.08 bits per heavy atom. The number of pyridine rings is 1. The smallest absolute Gasteiger partial charge is 0.303 e. The number of fused-ring (bicyclic) bond motifs is 1. The number of nitrogens with zero attached hydrogens (tertiary/aromatic N) is 1. The van der Waals surface area contributed by atoms with E-state index in [-0.39, 0.29) is 29.4 Å². The van der Waals surface area contributed by atoms with Crippen molar-refractivity contribution in [2.75, 3.05) is 13.1 Å². The quantitative estimate of drug-likeness (QED) is 0.900. The first-order chi connectivity index (χ1) is 11.5. The van der Waals surface area contributed by atoms with Gasteiger partial charge < -0.3 is 15.0 Å². The number of nitrogens with one attached hydrogen (secondary N) is 1. The van der Waals surface area contributed by atoms with Gasteiger partial charge in [-0.25, -0.2) is 0 Å². The maximum Gasteiger partial charge on any atom is 0.303 e. The van der Waals surface area contributed by atoms with Crippen LogP contribution in [0, 0.1) is 5.92 Å². The van der Waals surface area contributed by atoms with Gasteiger partial charge in [-0.15, -0.1) is 0 Å². The van der Waals surface area contributed by atoms with E-state index in [0.29, 0.717) is 25.0 Å². The Labute approximate surface area is 139 Å². The van der Waals surface area contributed by atoms with Gasteiger partial charge in [0, 0.05) is 25.0 Å². The van der Waals surface area contributed by atoms with Gasteiger partial charge in [-0.05, 0) is 42.7 Å². The number of amides is 1. The number of aromatic amines is 1. The van der Waals surface area contributed by atoms with E-state index in [2.05, 4.69) is 4.98 Å². The van der Waals surface area contributed by atoms with Crippen LogP contribution in [0.15, 0.2) is 35.1 Å². The zero-order valence-electron chi connectivity index (χ0n) is 13.3. The molecule has 0 spiro atoms. The number of rotatable bonds is 4. The summed E-state index contributed by atoms with van der Waals surface area (Å²) in [6.45, 7) is 1.12. The number of para-hydroxylation sites is 1. The second-order valence-corrected chi connectivity index (χ2v) is 6.29. The molecule has 1 aromatic carbocycles. The molecular weight excluding hydrogens is 308 g/mol. The highest BCUT2D eigenvalue weighted by Gasteiger charge is 2.26. The van der Waals surface area contributed by atoms with Gasteiger partial charge in [0.25, 0.3) is 11.5 Å². The fourth-order valence-corrected chi connectivity index (χ4v) is 3.29. The predicted octanol–water partition coefficient (Wildman–Crippen LogP) is 2.25. The van der Waals surface area contributed by atoms with E-state index in [0.717, 1.165) is 18.2 Å². The highest BCUT2D eigenvalue weighted by molar-refractivity contribution is 5.97. The number of carbonyl (C=O) groups is 2. The number of aliphatic carboxylic acids is 1. The first kappa shape index (κ1) is 16.2. The standard InChI is InChI=1S/C18H20N2O4/c21-16(22)8-7-12-4-3-9-20(11-12)18(24)14-10-13-5-1-2-6-15(13)19-17(14)23/h1-2,5-6,10,12H,3-4,7-9,11H2,(H,19,23)(H,21,22). The molecular formula is C18H20N2O4. The second-order valence-electron chi connectivity index (χ2n) is 6.29. The number of likely N-dealkylation sites (tertiary alicyclic amines) is 1. The molecule has 1 aliphatic heterocycles. The molecule has 0 saturated carbocycles. The van der Waals surface area contributed by atoms with E-state index in [9.17, 15) is 14.4 Å². The Bertz CT molecular complexity index is 827. The number of hydrogen-bond acceptors (Lipinski definition) is 3. The number of hydrogen-bond donors (Lipinski definition) is 2. The normalized spacial score (nSPS) is 17.8. The number of H-pyrrole nitrogens is 1. The van der Waals surface area contributed by atoms with Crippen LogP contribution in [0.3, 0.4) is 0 Å². The lowest BCUT2D eigenvalue weighted by molar-refractivity contribution is -0.137. The minimum atomic E-state index is -0.815. The van der Waals surface area contributed by atoms with Crippen LogP contribution in [-0.2, 0) is 4.79 Å². The molecule has 1 aromatic heterocycles. The Hall–Kier alpha value is -2.63. The highest BCUT2D eigenvalue weighted by Crippen LogP contribution is 2.22. The van der Waals surface area contributed by atoms with Gasteiger partial charge in [0.2, 0.25) is 0 Å². The molecule has 2 N–H and O–H groups in total. The van der Waals surface area contributed by atoms with Crippen LogP contribution >= 0.6 is 0 Å². The molecule has 1 saturated heterocycles. The summed E-state index contributed by atoms with van der Waals surface area (Å²) in [5.41, 5.74) is 0.468. The van der Waals surface area contributed by atoms with Crippen molar-refractivity contribution < 1.29 is 14.7 Å². The van der Waals surface area contributed by atoms with Crippen molar-refractivity contribution in [3.63, 3.8) is 0 Å². The molecule has 2 heterocycles. The number of carbonyl (C=O) groups excluding carboxylic acids is 1. The van der Waals surface area contributed by atoms with Crippen LogP contribution in [0.1, 0.15) is 36.0 Å². The third kappa shape index (κ3) is 3.48. The highest BCUT2D eigenvalue weighted by atomic mass is 16.4. The summed E-state index contributed by atoms with van der Waals surface area (Å²) in [6, 6.07) is 8.98. The van der Waals surface area contributed by atoms with Crippen molar-refractivity contribution in [2.24, 2.45) is 5.92 Å². The monoisotopic (exact) mass is 328 g/mol. The number of piperidine rings is 1. The minimum Gasteiger partial charge on any atom is -0.481 e. The number of aromatic nitrogens is 1. The first-order valence-corrected chi connectivity index (χ1v) is 8.18. The average molecular weight is 328 g/mol. The van der Waals surface area contributed by atoms with Gasteiger partial charge in [0.1, 0.15) is 5.56 Å². The summed E-state index contributed by atoms with van der Waals surface area (Å²) in [6.07, 6.45) is 2.43. The summed E-state index contributed by atoms with van der Waals surface area (Å²) in [5.74, 6) is -0.912. The van der Waals surface area contributed by atoms with Gasteiger partial charge in [-0.2, -0.15) is 0 Å². The molecule has 2 aromatic rings. The predicted molar refractivity (Wildman–Crippen MR) is 90.1 cm³/mol.